The van der Waals surface area contributed by atoms with E-state index in [1.54, 1.807) is 0 Å². The first kappa shape index (κ1) is 14.0. The van der Waals surface area contributed by atoms with E-state index in [1.165, 1.54) is 30.5 Å². The number of anilines is 1. The zero-order valence-electron chi connectivity index (χ0n) is 11.9. The normalized spacial score (nSPS) is 20.9. The van der Waals surface area contributed by atoms with Gasteiger partial charge in [-0.05, 0) is 30.9 Å². The number of rotatable bonds is 5. The molecule has 1 aromatic rings. The largest absolute Gasteiger partial charge is 0.370 e. The quantitative estimate of drug-likeness (QED) is 0.897. The van der Waals surface area contributed by atoms with E-state index < -0.39 is 11.2 Å². The van der Waals surface area contributed by atoms with Gasteiger partial charge in [-0.3, -0.25) is 0 Å². The van der Waals surface area contributed by atoms with Crippen LogP contribution in [0.15, 0.2) is 24.3 Å². The molecule has 2 aliphatic rings. The zero-order valence-corrected chi connectivity index (χ0v) is 12.7. The standard InChI is InChI=1S/C15H23N3OS/c19-20(18-10-4-1-5-11-18)16-9-13-17-12-8-14-6-2-3-7-15(14)17/h2-3,6-7,16H,1,4-5,8-13H2. The Morgan fingerprint density at radius 1 is 1.10 bits per heavy atom. The summed E-state index contributed by atoms with van der Waals surface area (Å²) < 4.78 is 17.3. The SMILES string of the molecule is O=S(NCCN1CCc2ccccc21)N1CCCCC1. The van der Waals surface area contributed by atoms with Crippen molar-refractivity contribution in [3.8, 4) is 0 Å². The Morgan fingerprint density at radius 3 is 2.75 bits per heavy atom. The summed E-state index contributed by atoms with van der Waals surface area (Å²) in [5.41, 5.74) is 2.78. The molecule has 2 aliphatic heterocycles. The third-order valence-electron chi connectivity index (χ3n) is 4.14. The van der Waals surface area contributed by atoms with Gasteiger partial charge >= 0.3 is 0 Å². The van der Waals surface area contributed by atoms with E-state index >= 15 is 0 Å². The fourth-order valence-electron chi connectivity index (χ4n) is 3.03. The average molecular weight is 293 g/mol. The molecular weight excluding hydrogens is 270 g/mol. The van der Waals surface area contributed by atoms with Crippen LogP contribution in [0.3, 0.4) is 0 Å². The molecular formula is C15H23N3OS. The lowest BCUT2D eigenvalue weighted by Gasteiger charge is -2.26. The fraction of sp³-hybridized carbons (Fsp3) is 0.600. The van der Waals surface area contributed by atoms with E-state index in [4.69, 9.17) is 0 Å². The minimum absolute atomic E-state index is 0.775. The smallest absolute Gasteiger partial charge is 0.169 e. The second kappa shape index (κ2) is 6.70. The molecule has 2 heterocycles. The Morgan fingerprint density at radius 2 is 1.90 bits per heavy atom. The van der Waals surface area contributed by atoms with Crippen LogP contribution < -0.4 is 9.62 Å². The van der Waals surface area contributed by atoms with E-state index in [9.17, 15) is 4.21 Å². The second-order valence-electron chi connectivity index (χ2n) is 5.50. The molecule has 0 amide bonds. The number of benzene rings is 1. The zero-order chi connectivity index (χ0) is 13.8. The van der Waals surface area contributed by atoms with Gasteiger partial charge < -0.3 is 4.90 Å². The molecule has 110 valence electrons. The number of nitrogens with one attached hydrogen (secondary N) is 1. The van der Waals surface area contributed by atoms with Crippen molar-refractivity contribution in [3.63, 3.8) is 0 Å². The van der Waals surface area contributed by atoms with Crippen molar-refractivity contribution in [2.24, 2.45) is 0 Å². The summed E-state index contributed by atoms with van der Waals surface area (Å²) in [4.78, 5) is 2.38. The highest BCUT2D eigenvalue weighted by molar-refractivity contribution is 7.80. The third-order valence-corrected chi connectivity index (χ3v) is 5.43. The van der Waals surface area contributed by atoms with Crippen LogP contribution in [0.25, 0.3) is 0 Å². The maximum Gasteiger partial charge on any atom is 0.169 e. The lowest BCUT2D eigenvalue weighted by atomic mass is 10.2. The molecule has 4 nitrogen and oxygen atoms in total. The summed E-state index contributed by atoms with van der Waals surface area (Å²) in [5.74, 6) is 0. The summed E-state index contributed by atoms with van der Waals surface area (Å²) >= 11 is -1.01. The van der Waals surface area contributed by atoms with E-state index in [1.807, 2.05) is 0 Å². The van der Waals surface area contributed by atoms with Gasteiger partial charge in [-0.15, -0.1) is 0 Å². The molecule has 1 atom stereocenters. The van der Waals surface area contributed by atoms with E-state index in [2.05, 4.69) is 38.2 Å². The third kappa shape index (κ3) is 3.22. The van der Waals surface area contributed by atoms with Crippen LogP contribution in [0.5, 0.6) is 0 Å². The maximum atomic E-state index is 12.1. The van der Waals surface area contributed by atoms with Crippen LogP contribution in [0.4, 0.5) is 5.69 Å². The van der Waals surface area contributed by atoms with Crippen molar-refractivity contribution >= 4 is 16.9 Å². The number of hydrogen-bond acceptors (Lipinski definition) is 2. The van der Waals surface area contributed by atoms with Crippen LogP contribution >= 0.6 is 0 Å². The van der Waals surface area contributed by atoms with Crippen LogP contribution in [0.2, 0.25) is 0 Å². The Labute approximate surface area is 123 Å². The molecule has 5 heteroatoms. The predicted octanol–water partition coefficient (Wildman–Crippen LogP) is 1.70. The Balaban J connectivity index is 1.45. The molecule has 1 fully saturated rings. The summed E-state index contributed by atoms with van der Waals surface area (Å²) in [7, 11) is 0. The van der Waals surface area contributed by atoms with Gasteiger partial charge in [0.1, 0.15) is 0 Å². The Hall–Kier alpha value is -0.910. The molecule has 0 spiro atoms. The van der Waals surface area contributed by atoms with Crippen molar-refractivity contribution in [1.82, 2.24) is 9.03 Å². The second-order valence-corrected chi connectivity index (χ2v) is 6.80. The maximum absolute atomic E-state index is 12.1. The Bertz CT molecular complexity index is 474. The lowest BCUT2D eigenvalue weighted by Crippen LogP contribution is -2.41. The Kier molecular flexibility index (Phi) is 4.70. The molecule has 0 radical (unpaired) electrons. The molecule has 0 saturated carbocycles. The number of para-hydroxylation sites is 1. The van der Waals surface area contributed by atoms with E-state index in [0.717, 1.165) is 39.1 Å². The highest BCUT2D eigenvalue weighted by Crippen LogP contribution is 2.26. The first-order chi connectivity index (χ1) is 9.84. The predicted molar refractivity (Wildman–Crippen MR) is 83.9 cm³/mol. The van der Waals surface area contributed by atoms with Gasteiger partial charge in [0.05, 0.1) is 0 Å². The van der Waals surface area contributed by atoms with Gasteiger partial charge in [0.2, 0.25) is 0 Å². The lowest BCUT2D eigenvalue weighted by molar-refractivity contribution is 0.362. The van der Waals surface area contributed by atoms with Crippen molar-refractivity contribution in [2.75, 3.05) is 37.6 Å². The summed E-state index contributed by atoms with van der Waals surface area (Å²) in [6, 6.07) is 8.58. The minimum Gasteiger partial charge on any atom is -0.370 e. The first-order valence-corrected chi connectivity index (χ1v) is 8.68. The number of fused-ring (bicyclic) bond motifs is 1. The van der Waals surface area contributed by atoms with Gasteiger partial charge in [-0.2, -0.15) is 0 Å². The van der Waals surface area contributed by atoms with Crippen LogP contribution in [0.1, 0.15) is 24.8 Å². The summed E-state index contributed by atoms with van der Waals surface area (Å²) in [5, 5.41) is 0. The van der Waals surface area contributed by atoms with E-state index in [0.29, 0.717) is 0 Å². The van der Waals surface area contributed by atoms with Gasteiger partial charge in [0.15, 0.2) is 11.2 Å². The van der Waals surface area contributed by atoms with Crippen molar-refractivity contribution < 1.29 is 4.21 Å². The van der Waals surface area contributed by atoms with Crippen LogP contribution in [-0.2, 0) is 17.6 Å². The van der Waals surface area contributed by atoms with Gasteiger partial charge in [0.25, 0.3) is 0 Å². The number of piperidine rings is 1. The van der Waals surface area contributed by atoms with E-state index in [-0.39, 0.29) is 0 Å². The molecule has 1 aromatic carbocycles. The van der Waals surface area contributed by atoms with Crippen molar-refractivity contribution in [3.05, 3.63) is 29.8 Å². The van der Waals surface area contributed by atoms with Crippen LogP contribution in [0, 0.1) is 0 Å². The van der Waals surface area contributed by atoms with Gasteiger partial charge in [0, 0.05) is 38.4 Å². The first-order valence-electron chi connectivity index (χ1n) is 7.58. The topological polar surface area (TPSA) is 35.6 Å². The van der Waals surface area contributed by atoms with Gasteiger partial charge in [-0.1, -0.05) is 24.6 Å². The van der Waals surface area contributed by atoms with Gasteiger partial charge in [-0.25, -0.2) is 13.2 Å². The number of nitrogens with zero attached hydrogens (tertiary/aromatic N) is 2. The molecule has 1 unspecified atom stereocenters. The average Bonchev–Trinajstić information content (AvgIpc) is 2.92. The van der Waals surface area contributed by atoms with Crippen molar-refractivity contribution in [2.45, 2.75) is 25.7 Å². The highest BCUT2D eigenvalue weighted by Gasteiger charge is 2.19. The van der Waals surface area contributed by atoms with Crippen LogP contribution in [-0.4, -0.2) is 41.2 Å². The summed E-state index contributed by atoms with van der Waals surface area (Å²) in [6.45, 7) is 4.71. The summed E-state index contributed by atoms with van der Waals surface area (Å²) in [6.07, 6.45) is 4.75. The molecule has 0 aromatic heterocycles. The molecule has 1 saturated heterocycles. The molecule has 0 bridgehead atoms. The fourth-order valence-corrected chi connectivity index (χ4v) is 4.07. The molecule has 3 rings (SSSR count). The number of hydrogen-bond donors (Lipinski definition) is 1. The molecule has 20 heavy (non-hydrogen) atoms. The highest BCUT2D eigenvalue weighted by atomic mass is 32.2. The van der Waals surface area contributed by atoms with Crippen molar-refractivity contribution in [1.29, 1.82) is 0 Å². The minimum atomic E-state index is -1.01. The monoisotopic (exact) mass is 293 g/mol. The molecule has 1 N–H and O–H groups in total. The molecule has 0 aliphatic carbocycles.